The van der Waals surface area contributed by atoms with E-state index in [1.54, 1.807) is 0 Å². The Morgan fingerprint density at radius 1 is 1.42 bits per heavy atom. The monoisotopic (exact) mass is 331 g/mol. The molecular formula is C19H29N3O2. The Morgan fingerprint density at radius 3 is 3.00 bits per heavy atom. The lowest BCUT2D eigenvalue weighted by molar-refractivity contribution is 0.0374. The van der Waals surface area contributed by atoms with Gasteiger partial charge in [0.15, 0.2) is 5.78 Å². The van der Waals surface area contributed by atoms with E-state index in [9.17, 15) is 4.79 Å². The first-order valence-electron chi connectivity index (χ1n) is 9.10. The Hall–Kier alpha value is -1.43. The Labute approximate surface area is 144 Å². The number of hydrogen-bond acceptors (Lipinski definition) is 5. The largest absolute Gasteiger partial charge is 0.382 e. The Bertz CT molecular complexity index is 570. The summed E-state index contributed by atoms with van der Waals surface area (Å²) in [5.41, 5.74) is 3.25. The number of hydrogen-bond donors (Lipinski definition) is 2. The molecule has 0 saturated carbocycles. The summed E-state index contributed by atoms with van der Waals surface area (Å²) in [6.45, 7) is 9.80. The van der Waals surface area contributed by atoms with Crippen molar-refractivity contribution >= 4 is 11.5 Å². The van der Waals surface area contributed by atoms with Crippen molar-refractivity contribution in [2.24, 2.45) is 0 Å². The van der Waals surface area contributed by atoms with E-state index in [4.69, 9.17) is 4.74 Å². The number of rotatable bonds is 7. The highest BCUT2D eigenvalue weighted by Crippen LogP contribution is 2.26. The van der Waals surface area contributed by atoms with Gasteiger partial charge in [0, 0.05) is 30.4 Å². The molecule has 1 saturated heterocycles. The van der Waals surface area contributed by atoms with Gasteiger partial charge >= 0.3 is 0 Å². The SMILES string of the molecule is CC1Cc2cc(C(=O)C(C)NCCCN3CCOCC3)ccc2N1. The van der Waals surface area contributed by atoms with Crippen molar-refractivity contribution in [2.75, 3.05) is 44.7 Å². The fourth-order valence-corrected chi connectivity index (χ4v) is 3.49. The smallest absolute Gasteiger partial charge is 0.179 e. The zero-order chi connectivity index (χ0) is 16.9. The van der Waals surface area contributed by atoms with Crippen molar-refractivity contribution in [3.63, 3.8) is 0 Å². The highest BCUT2D eigenvalue weighted by atomic mass is 16.5. The summed E-state index contributed by atoms with van der Waals surface area (Å²) in [6.07, 6.45) is 2.06. The van der Waals surface area contributed by atoms with E-state index < -0.39 is 0 Å². The topological polar surface area (TPSA) is 53.6 Å². The summed E-state index contributed by atoms with van der Waals surface area (Å²) >= 11 is 0. The van der Waals surface area contributed by atoms with E-state index in [1.165, 1.54) is 11.3 Å². The van der Waals surface area contributed by atoms with Crippen molar-refractivity contribution in [3.05, 3.63) is 29.3 Å². The van der Waals surface area contributed by atoms with Crippen LogP contribution in [-0.4, -0.2) is 62.2 Å². The molecule has 1 fully saturated rings. The van der Waals surface area contributed by atoms with Gasteiger partial charge in [-0.2, -0.15) is 0 Å². The number of carbonyl (C=O) groups excluding carboxylic acids is 1. The summed E-state index contributed by atoms with van der Waals surface area (Å²) in [5.74, 6) is 0.184. The predicted molar refractivity (Wildman–Crippen MR) is 96.9 cm³/mol. The molecule has 132 valence electrons. The minimum atomic E-state index is -0.139. The highest BCUT2D eigenvalue weighted by molar-refractivity contribution is 6.00. The molecule has 5 heteroatoms. The van der Waals surface area contributed by atoms with Gasteiger partial charge in [-0.1, -0.05) is 0 Å². The maximum atomic E-state index is 12.6. The van der Waals surface area contributed by atoms with Crippen LogP contribution in [0, 0.1) is 0 Å². The molecule has 2 heterocycles. The number of ketones is 1. The summed E-state index contributed by atoms with van der Waals surface area (Å²) in [6, 6.07) is 6.36. The molecule has 0 amide bonds. The lowest BCUT2D eigenvalue weighted by atomic mass is 10.0. The summed E-state index contributed by atoms with van der Waals surface area (Å²) in [7, 11) is 0. The number of nitrogens with zero attached hydrogens (tertiary/aromatic N) is 1. The minimum Gasteiger partial charge on any atom is -0.382 e. The van der Waals surface area contributed by atoms with Crippen molar-refractivity contribution in [2.45, 2.75) is 38.8 Å². The molecule has 3 rings (SSSR count). The van der Waals surface area contributed by atoms with Crippen LogP contribution in [0.5, 0.6) is 0 Å². The fourth-order valence-electron chi connectivity index (χ4n) is 3.49. The van der Waals surface area contributed by atoms with Crippen LogP contribution in [0.4, 0.5) is 5.69 Å². The van der Waals surface area contributed by atoms with Gasteiger partial charge < -0.3 is 15.4 Å². The van der Waals surface area contributed by atoms with Gasteiger partial charge in [0.05, 0.1) is 19.3 Å². The summed E-state index contributed by atoms with van der Waals surface area (Å²) in [4.78, 5) is 15.0. The first-order valence-corrected chi connectivity index (χ1v) is 9.10. The molecule has 5 nitrogen and oxygen atoms in total. The molecule has 0 bridgehead atoms. The highest BCUT2D eigenvalue weighted by Gasteiger charge is 2.20. The first kappa shape index (κ1) is 17.4. The number of fused-ring (bicyclic) bond motifs is 1. The molecule has 1 aromatic rings. The number of carbonyl (C=O) groups is 1. The molecule has 1 aromatic carbocycles. The maximum Gasteiger partial charge on any atom is 0.179 e. The van der Waals surface area contributed by atoms with Gasteiger partial charge in [0.25, 0.3) is 0 Å². The van der Waals surface area contributed by atoms with Crippen molar-refractivity contribution in [1.82, 2.24) is 10.2 Å². The van der Waals surface area contributed by atoms with E-state index in [0.717, 1.165) is 57.8 Å². The van der Waals surface area contributed by atoms with E-state index in [0.29, 0.717) is 6.04 Å². The van der Waals surface area contributed by atoms with Crippen LogP contribution in [0.3, 0.4) is 0 Å². The second-order valence-corrected chi connectivity index (χ2v) is 6.97. The number of benzene rings is 1. The third kappa shape index (κ3) is 4.35. The van der Waals surface area contributed by atoms with Gasteiger partial charge in [-0.15, -0.1) is 0 Å². The van der Waals surface area contributed by atoms with E-state index in [2.05, 4.69) is 28.5 Å². The van der Waals surface area contributed by atoms with E-state index in [-0.39, 0.29) is 11.8 Å². The normalized spacial score (nSPS) is 22.0. The molecule has 0 radical (unpaired) electrons. The molecule has 0 aliphatic carbocycles. The average molecular weight is 331 g/mol. The van der Waals surface area contributed by atoms with Crippen LogP contribution in [0.2, 0.25) is 0 Å². The predicted octanol–water partition coefficient (Wildman–Crippen LogP) is 1.93. The zero-order valence-electron chi connectivity index (χ0n) is 14.8. The lowest BCUT2D eigenvalue weighted by Crippen LogP contribution is -2.39. The van der Waals surface area contributed by atoms with Crippen molar-refractivity contribution in [3.8, 4) is 0 Å². The number of nitrogens with one attached hydrogen (secondary N) is 2. The lowest BCUT2D eigenvalue weighted by Gasteiger charge is -2.26. The van der Waals surface area contributed by atoms with Gasteiger partial charge in [-0.25, -0.2) is 0 Å². The van der Waals surface area contributed by atoms with Gasteiger partial charge in [0.1, 0.15) is 0 Å². The second-order valence-electron chi connectivity index (χ2n) is 6.97. The molecule has 0 aromatic heterocycles. The fraction of sp³-hybridized carbons (Fsp3) is 0.632. The maximum absolute atomic E-state index is 12.6. The number of morpholine rings is 1. The van der Waals surface area contributed by atoms with Crippen LogP contribution in [-0.2, 0) is 11.2 Å². The Kier molecular flexibility index (Phi) is 5.87. The molecule has 2 unspecified atom stereocenters. The second kappa shape index (κ2) is 8.10. The Balaban J connectivity index is 1.44. The van der Waals surface area contributed by atoms with Crippen LogP contribution in [0.15, 0.2) is 18.2 Å². The zero-order valence-corrected chi connectivity index (χ0v) is 14.8. The molecular weight excluding hydrogens is 302 g/mol. The molecule has 0 spiro atoms. The van der Waals surface area contributed by atoms with Crippen LogP contribution >= 0.6 is 0 Å². The standard InChI is InChI=1S/C19H29N3O2/c1-14-12-17-13-16(4-5-18(17)21-14)19(23)15(2)20-6-3-7-22-8-10-24-11-9-22/h4-5,13-15,20-21H,3,6-12H2,1-2H3. The summed E-state index contributed by atoms with van der Waals surface area (Å²) in [5, 5.41) is 6.80. The number of Topliss-reactive ketones (excluding diaryl/α,β-unsaturated/α-hetero) is 1. The van der Waals surface area contributed by atoms with Crippen LogP contribution < -0.4 is 10.6 Å². The van der Waals surface area contributed by atoms with Crippen molar-refractivity contribution in [1.29, 1.82) is 0 Å². The quantitative estimate of drug-likeness (QED) is 0.591. The third-order valence-corrected chi connectivity index (χ3v) is 4.92. The third-order valence-electron chi connectivity index (χ3n) is 4.92. The van der Waals surface area contributed by atoms with Gasteiger partial charge in [-0.05, 0) is 63.5 Å². The Morgan fingerprint density at radius 2 is 2.21 bits per heavy atom. The molecule has 2 aliphatic rings. The summed E-state index contributed by atoms with van der Waals surface area (Å²) < 4.78 is 5.36. The van der Waals surface area contributed by atoms with E-state index >= 15 is 0 Å². The number of ether oxygens (including phenoxy) is 1. The van der Waals surface area contributed by atoms with Crippen LogP contribution in [0.1, 0.15) is 36.2 Å². The minimum absolute atomic E-state index is 0.139. The average Bonchev–Trinajstić information content (AvgIpc) is 2.98. The van der Waals surface area contributed by atoms with Crippen molar-refractivity contribution < 1.29 is 9.53 Å². The molecule has 2 N–H and O–H groups in total. The molecule has 24 heavy (non-hydrogen) atoms. The van der Waals surface area contributed by atoms with Gasteiger partial charge in [-0.3, -0.25) is 9.69 Å². The van der Waals surface area contributed by atoms with E-state index in [1.807, 2.05) is 19.1 Å². The van der Waals surface area contributed by atoms with Crippen LogP contribution in [0.25, 0.3) is 0 Å². The van der Waals surface area contributed by atoms with Gasteiger partial charge in [0.2, 0.25) is 0 Å². The molecule has 2 atom stereocenters. The molecule has 2 aliphatic heterocycles. The first-order chi connectivity index (χ1) is 11.6. The number of anilines is 1.